The molecule has 2 aliphatic rings. The number of carboxylic acid groups (broad SMARTS) is 17. The lowest BCUT2D eigenvalue weighted by Gasteiger charge is -2.43. The molecule has 0 saturated heterocycles. The largest absolute Gasteiger partial charge is 0.490 e. The fourth-order valence-corrected chi connectivity index (χ4v) is 3.19. The first-order valence-corrected chi connectivity index (χ1v) is 30.4. The topological polar surface area (TPSA) is 759 Å². The minimum Gasteiger partial charge on any atom is -0.475 e. The van der Waals surface area contributed by atoms with Crippen LogP contribution in [0.5, 0.6) is 0 Å². The first-order valence-electron chi connectivity index (χ1n) is 30.4. The molecule has 23 N–H and O–H groups in total. The normalized spacial score (nSPS) is 13.4. The molecule has 2 fully saturated rings. The van der Waals surface area contributed by atoms with Crippen LogP contribution in [0.25, 0.3) is 0 Å². The zero-order chi connectivity index (χ0) is 123. The molecule has 2 amide bonds. The van der Waals surface area contributed by atoms with E-state index < -0.39 is 230 Å². The number of hydroxylamine groups is 1. The Morgan fingerprint density at radius 3 is 0.524 bits per heavy atom. The summed E-state index contributed by atoms with van der Waals surface area (Å²) >= 11 is 0. The minimum absolute atomic E-state index is 0.169. The van der Waals surface area contributed by atoms with Crippen molar-refractivity contribution >= 4 is 113 Å². The number of aliphatic hydroxyl groups excluding tert-OH is 1. The molecule has 41 nitrogen and oxygen atoms in total. The summed E-state index contributed by atoms with van der Waals surface area (Å²) in [6.07, 6.45) is -83.4. The van der Waals surface area contributed by atoms with Crippen LogP contribution in [0.1, 0.15) is 41.6 Å². The van der Waals surface area contributed by atoms with Crippen LogP contribution >= 0.6 is 0 Å². The van der Waals surface area contributed by atoms with Gasteiger partial charge in [-0.15, -0.1) is 0 Å². The van der Waals surface area contributed by atoms with E-state index in [9.17, 15) is 234 Å². The SMILES string of the molecule is NC1([C@H](NC(=O)c2ccc(C#CC#C[C@@H]3C[C@H]3CO)cc2)C(=O)NO)CCC1.O=C(O)C(F)(F)F.O=C(O)C(F)(F)F.O=C(O)C(F)(F)F.O=C(O)C(F)(F)F.O=C(O)C(F)(F)F.O=C(O)C(F)(F)F.O=C(O)C(F)(F)F.O=C(O)C(F)(F)F.O=C(O)C(F)(F)F.O=C(O)C(F)(F)F.O=C(O)C(F)(F)F.O=C(O)C(F)(F)F.O=C(O)C(F)(F)F.O=C(O)C(F)(F)F.O=C(O)C(F)(F)F.O=C(O)C(F)(F)F.O=C(O)C(F)(F)F. The molecular formula is C55H40F51N3O38. The van der Waals surface area contributed by atoms with E-state index in [1.54, 1.807) is 29.7 Å². The van der Waals surface area contributed by atoms with E-state index >= 15 is 0 Å². The maximum atomic E-state index is 12.5. The molecule has 1 aromatic carbocycles. The van der Waals surface area contributed by atoms with E-state index in [0.29, 0.717) is 24.0 Å². The van der Waals surface area contributed by atoms with Gasteiger partial charge in [-0.2, -0.15) is 224 Å². The van der Waals surface area contributed by atoms with Gasteiger partial charge in [-0.1, -0.05) is 11.8 Å². The van der Waals surface area contributed by atoms with Crippen molar-refractivity contribution in [2.45, 2.75) is 142 Å². The molecule has 0 aromatic heterocycles. The summed E-state index contributed by atoms with van der Waals surface area (Å²) in [5, 5.41) is 142. The summed E-state index contributed by atoms with van der Waals surface area (Å²) in [6.45, 7) is 0.169. The number of carbonyl (C=O) groups is 19. The van der Waals surface area contributed by atoms with Gasteiger partial charge in [-0.3, -0.25) is 14.8 Å². The van der Waals surface area contributed by atoms with Gasteiger partial charge in [-0.05, 0) is 67.7 Å². The van der Waals surface area contributed by atoms with Crippen LogP contribution in [-0.4, -0.2) is 334 Å². The van der Waals surface area contributed by atoms with Crippen LogP contribution < -0.4 is 16.5 Å². The minimum atomic E-state index is -5.08. The monoisotopic (exact) mass is 2320 g/mol. The molecule has 860 valence electrons. The molecule has 0 radical (unpaired) electrons. The van der Waals surface area contributed by atoms with E-state index in [-0.39, 0.29) is 18.4 Å². The van der Waals surface area contributed by atoms with E-state index in [0.717, 1.165) is 12.8 Å². The predicted octanol–water partition coefficient (Wildman–Crippen LogP) is 10.9. The lowest BCUT2D eigenvalue weighted by atomic mass is 9.72. The second kappa shape index (κ2) is 68.0. The number of hydrogen-bond acceptors (Lipinski definition) is 22. The van der Waals surface area contributed by atoms with Gasteiger partial charge in [0.15, 0.2) is 0 Å². The van der Waals surface area contributed by atoms with Crippen LogP contribution in [0.2, 0.25) is 0 Å². The average Bonchev–Trinajstić information content (AvgIpc) is 1.37. The predicted molar refractivity (Wildman–Crippen MR) is 334 cm³/mol. The van der Waals surface area contributed by atoms with Gasteiger partial charge in [0.05, 0.1) is 0 Å². The molecule has 3 rings (SSSR count). The lowest BCUT2D eigenvalue weighted by molar-refractivity contribution is -0.193. The third-order valence-electron chi connectivity index (χ3n) is 9.46. The van der Waals surface area contributed by atoms with Crippen LogP contribution in [-0.2, 0) is 86.3 Å². The van der Waals surface area contributed by atoms with Gasteiger partial charge < -0.3 is 103 Å². The first-order chi connectivity index (χ1) is 63.5. The number of aliphatic carboxylic acids is 17. The smallest absolute Gasteiger partial charge is 0.475 e. The van der Waals surface area contributed by atoms with Crippen LogP contribution in [0.3, 0.4) is 0 Å². The summed E-state index contributed by atoms with van der Waals surface area (Å²) in [7, 11) is 0. The Kier molecular flexibility index (Phi) is 76.4. The lowest BCUT2D eigenvalue weighted by Crippen LogP contribution is -2.67. The zero-order valence-corrected chi connectivity index (χ0v) is 66.2. The summed E-state index contributed by atoms with van der Waals surface area (Å²) in [5.74, 6) is -36.1. The molecule has 2 aliphatic carbocycles. The molecule has 147 heavy (non-hydrogen) atoms. The molecule has 0 aliphatic heterocycles. The third kappa shape index (κ3) is 111. The molecule has 3 atom stereocenters. The van der Waals surface area contributed by atoms with E-state index in [4.69, 9.17) is 184 Å². The molecule has 2 saturated carbocycles. The maximum absolute atomic E-state index is 12.5. The number of rotatable bonds is 5. The summed E-state index contributed by atoms with van der Waals surface area (Å²) in [6, 6.07) is 5.60. The zero-order valence-electron chi connectivity index (χ0n) is 66.2. The Morgan fingerprint density at radius 1 is 0.279 bits per heavy atom. The second-order valence-electron chi connectivity index (χ2n) is 21.0. The standard InChI is InChI=1S/C21H23N3O4.17C2HF3O2/c22-21(10-3-11-21)18(20(27)24-28)23-19(26)15-8-6-14(7-9-15)4-1-2-5-16-12-17(16)13-25;17*3-2(4,5)1(6)7/h6-9,16-18,25,28H,3,10-13,22H2,(H,23,26)(H,24,27);17*(H,6,7)/t16-,17+,18-;;;;;;;;;;;;;;;;;/m1................./s1. The number of amides is 2. The van der Waals surface area contributed by atoms with Gasteiger partial charge in [0.2, 0.25) is 0 Å². The van der Waals surface area contributed by atoms with Gasteiger partial charge in [0.25, 0.3) is 11.8 Å². The molecular weight excluding hydrogens is 2280 g/mol. The number of nitrogens with one attached hydrogen (secondary N) is 2. The van der Waals surface area contributed by atoms with Crippen molar-refractivity contribution in [2.75, 3.05) is 6.61 Å². The van der Waals surface area contributed by atoms with E-state index in [2.05, 4.69) is 29.0 Å². The van der Waals surface area contributed by atoms with Crippen molar-refractivity contribution in [1.29, 1.82) is 0 Å². The summed E-state index contributed by atoms with van der Waals surface area (Å²) < 4.78 is 540. The Bertz CT molecular complexity index is 3620. The molecule has 1 aromatic rings. The Labute approximate surface area is 761 Å². The Morgan fingerprint density at radius 2 is 0.422 bits per heavy atom. The fourth-order valence-electron chi connectivity index (χ4n) is 3.19. The summed E-state index contributed by atoms with van der Waals surface area (Å²) in [4.78, 5) is 176. The number of nitrogens with two attached hydrogens (primary N) is 1. The third-order valence-corrected chi connectivity index (χ3v) is 9.46. The molecule has 0 heterocycles. The van der Waals surface area contributed by atoms with Crippen molar-refractivity contribution in [3.8, 4) is 23.7 Å². The maximum Gasteiger partial charge on any atom is 0.490 e. The second-order valence-corrected chi connectivity index (χ2v) is 21.0. The van der Waals surface area contributed by atoms with Crippen LogP contribution in [0, 0.1) is 35.5 Å². The van der Waals surface area contributed by atoms with E-state index in [1.165, 1.54) is 0 Å². The van der Waals surface area contributed by atoms with Crippen molar-refractivity contribution in [2.24, 2.45) is 17.6 Å². The highest BCUT2D eigenvalue weighted by molar-refractivity contribution is 5.98. The number of carboxylic acids is 17. The number of aliphatic hydroxyl groups is 1. The van der Waals surface area contributed by atoms with Gasteiger partial charge in [-0.25, -0.2) is 87.0 Å². The van der Waals surface area contributed by atoms with Crippen molar-refractivity contribution < 1.29 is 412 Å². The Hall–Kier alpha value is -15.4. The highest BCUT2D eigenvalue weighted by Crippen LogP contribution is 2.37. The van der Waals surface area contributed by atoms with Crippen molar-refractivity contribution in [1.82, 2.24) is 10.8 Å². The highest BCUT2D eigenvalue weighted by atomic mass is 19.5. The number of benzene rings is 1. The first kappa shape index (κ1) is 165. The number of carbonyl (C=O) groups excluding carboxylic acids is 2. The highest BCUT2D eigenvalue weighted by Gasteiger charge is 2.49. The quantitative estimate of drug-likeness (QED) is 0.0563. The summed E-state index contributed by atoms with van der Waals surface area (Å²) in [5.41, 5.74) is 7.95. The van der Waals surface area contributed by atoms with Gasteiger partial charge in [0, 0.05) is 29.2 Å². The Balaban J connectivity index is -0.0000000996. The number of halogens is 51. The molecule has 0 unspecified atom stereocenters. The van der Waals surface area contributed by atoms with Crippen LogP contribution in [0.4, 0.5) is 224 Å². The van der Waals surface area contributed by atoms with Gasteiger partial charge >= 0.3 is 206 Å². The van der Waals surface area contributed by atoms with E-state index in [1.807, 2.05) is 0 Å². The molecule has 0 bridgehead atoms. The number of hydrogen-bond donors (Lipinski definition) is 22. The van der Waals surface area contributed by atoms with Gasteiger partial charge in [0.1, 0.15) is 6.04 Å². The molecule has 92 heteroatoms. The van der Waals surface area contributed by atoms with Crippen molar-refractivity contribution in [3.63, 3.8) is 0 Å². The number of alkyl halides is 51. The van der Waals surface area contributed by atoms with Crippen molar-refractivity contribution in [3.05, 3.63) is 35.4 Å². The molecule has 0 spiro atoms. The fraction of sp³-hybridized carbons (Fsp3) is 0.473. The average molecular weight is 2320 g/mol. The van der Waals surface area contributed by atoms with Crippen LogP contribution in [0.15, 0.2) is 24.3 Å².